The van der Waals surface area contributed by atoms with Gasteiger partial charge in [0.2, 0.25) is 0 Å². The van der Waals surface area contributed by atoms with Gasteiger partial charge in [0.1, 0.15) is 0 Å². The summed E-state index contributed by atoms with van der Waals surface area (Å²) in [7, 11) is 4.07. The van der Waals surface area contributed by atoms with Gasteiger partial charge in [0.15, 0.2) is 0 Å². The Hall–Kier alpha value is -0.703. The molecule has 0 heterocycles. The third kappa shape index (κ3) is 2.44. The van der Waals surface area contributed by atoms with Gasteiger partial charge in [0.25, 0.3) is 6.69 Å². The molecule has 0 aliphatic heterocycles. The second kappa shape index (κ2) is 4.52. The molecule has 1 nitrogen and oxygen atoms in total. The van der Waals surface area contributed by atoms with Gasteiger partial charge < -0.3 is 4.90 Å². The highest BCUT2D eigenvalue weighted by Crippen LogP contribution is 2.28. The highest BCUT2D eigenvalue weighted by atomic mass is 35.7. The minimum atomic E-state index is -2.36. The van der Waals surface area contributed by atoms with E-state index >= 15 is 0 Å². The maximum absolute atomic E-state index is 6.40. The van der Waals surface area contributed by atoms with Crippen molar-refractivity contribution >= 4 is 50.5 Å². The number of benzene rings is 2. The summed E-state index contributed by atoms with van der Waals surface area (Å²) in [4.78, 5) is 2.10. The van der Waals surface area contributed by atoms with Crippen LogP contribution >= 0.6 is 22.2 Å². The number of hydrogen-bond acceptors (Lipinski definition) is 1. The molecule has 0 aromatic heterocycles. The Morgan fingerprint density at radius 2 is 1.59 bits per heavy atom. The van der Waals surface area contributed by atoms with Gasteiger partial charge in [-0.25, -0.2) is 0 Å². The first kappa shape index (κ1) is 12.7. The average Bonchev–Trinajstić information content (AvgIpc) is 2.26. The molecule has 17 heavy (non-hydrogen) atoms. The summed E-state index contributed by atoms with van der Waals surface area (Å²) in [6.07, 6.45) is 0. The minimum absolute atomic E-state index is 1.09. The molecule has 0 saturated carbocycles. The molecule has 0 radical (unpaired) electrons. The fourth-order valence-corrected chi connectivity index (χ4v) is 4.10. The van der Waals surface area contributed by atoms with Crippen LogP contribution in [0.1, 0.15) is 0 Å². The van der Waals surface area contributed by atoms with Crippen LogP contribution in [-0.2, 0) is 0 Å². The van der Waals surface area contributed by atoms with Crippen LogP contribution in [0.2, 0.25) is 6.55 Å². The van der Waals surface area contributed by atoms with Crippen LogP contribution in [0.15, 0.2) is 36.4 Å². The van der Waals surface area contributed by atoms with Crippen LogP contribution in [-0.4, -0.2) is 20.8 Å². The molecule has 2 rings (SSSR count). The van der Waals surface area contributed by atoms with Crippen molar-refractivity contribution in [2.45, 2.75) is 6.55 Å². The molecule has 0 aliphatic carbocycles. The standard InChI is InChI=1S/C13H15Cl2NSi/c1-16(2)11-8-4-6-10-7-5-9-12(13(10)11)17(3,14)15/h4-9H,1-3H3. The molecule has 2 aromatic rings. The third-order valence-corrected chi connectivity index (χ3v) is 5.42. The number of fused-ring (bicyclic) bond motifs is 1. The highest BCUT2D eigenvalue weighted by Gasteiger charge is 2.27. The first-order valence-electron chi connectivity index (χ1n) is 5.48. The van der Waals surface area contributed by atoms with Crippen LogP contribution in [0.3, 0.4) is 0 Å². The van der Waals surface area contributed by atoms with Crippen LogP contribution in [0.5, 0.6) is 0 Å². The van der Waals surface area contributed by atoms with Gasteiger partial charge in [-0.15, -0.1) is 22.2 Å². The van der Waals surface area contributed by atoms with Crippen molar-refractivity contribution in [3.05, 3.63) is 36.4 Å². The molecule has 0 aliphatic rings. The van der Waals surface area contributed by atoms with E-state index in [9.17, 15) is 0 Å². The van der Waals surface area contributed by atoms with Crippen LogP contribution < -0.4 is 10.1 Å². The molecule has 0 saturated heterocycles. The minimum Gasteiger partial charge on any atom is -0.377 e. The second-order valence-corrected chi connectivity index (χ2v) is 11.9. The number of halogens is 2. The summed E-state index contributed by atoms with van der Waals surface area (Å²) in [6, 6.07) is 12.4. The lowest BCUT2D eigenvalue weighted by Crippen LogP contribution is -2.33. The van der Waals surface area contributed by atoms with E-state index in [0.717, 1.165) is 10.9 Å². The Bertz CT molecular complexity index is 541. The smallest absolute Gasteiger partial charge is 0.278 e. The molecule has 0 spiro atoms. The number of nitrogens with zero attached hydrogens (tertiary/aromatic N) is 1. The van der Waals surface area contributed by atoms with Gasteiger partial charge in [-0.2, -0.15) is 0 Å². The van der Waals surface area contributed by atoms with Crippen LogP contribution in [0, 0.1) is 0 Å². The molecular weight excluding hydrogens is 269 g/mol. The molecule has 0 unspecified atom stereocenters. The topological polar surface area (TPSA) is 3.24 Å². The predicted octanol–water partition coefficient (Wildman–Crippen LogP) is 3.66. The van der Waals surface area contributed by atoms with E-state index in [-0.39, 0.29) is 0 Å². The van der Waals surface area contributed by atoms with Gasteiger partial charge in [0, 0.05) is 25.2 Å². The zero-order valence-electron chi connectivity index (χ0n) is 10.2. The molecule has 0 fully saturated rings. The van der Waals surface area contributed by atoms with Crippen LogP contribution in [0.25, 0.3) is 10.8 Å². The monoisotopic (exact) mass is 283 g/mol. The average molecular weight is 284 g/mol. The third-order valence-electron chi connectivity index (χ3n) is 2.84. The Morgan fingerprint density at radius 1 is 1.00 bits per heavy atom. The van der Waals surface area contributed by atoms with E-state index in [1.165, 1.54) is 10.8 Å². The summed E-state index contributed by atoms with van der Waals surface area (Å²) in [6.45, 7) is -0.415. The highest BCUT2D eigenvalue weighted by molar-refractivity contribution is 7.50. The molecule has 0 amide bonds. The van der Waals surface area contributed by atoms with E-state index in [4.69, 9.17) is 22.2 Å². The molecule has 0 N–H and O–H groups in total. The Kier molecular flexibility index (Phi) is 3.39. The van der Waals surface area contributed by atoms with Crippen molar-refractivity contribution in [3.63, 3.8) is 0 Å². The largest absolute Gasteiger partial charge is 0.377 e. The van der Waals surface area contributed by atoms with Gasteiger partial charge in [-0.05, 0) is 23.2 Å². The zero-order valence-corrected chi connectivity index (χ0v) is 12.7. The number of anilines is 1. The second-order valence-electron chi connectivity index (χ2n) is 4.46. The maximum atomic E-state index is 6.40. The normalized spacial score (nSPS) is 11.8. The number of rotatable bonds is 2. The van der Waals surface area contributed by atoms with E-state index < -0.39 is 6.69 Å². The molecule has 4 heteroatoms. The molecule has 90 valence electrons. The Labute approximate surface area is 112 Å². The summed E-state index contributed by atoms with van der Waals surface area (Å²) in [5.41, 5.74) is 1.16. The summed E-state index contributed by atoms with van der Waals surface area (Å²) in [5.74, 6) is 0. The molecule has 0 bridgehead atoms. The SMILES string of the molecule is CN(C)c1cccc2cccc([Si](C)(Cl)Cl)c12. The van der Waals surface area contributed by atoms with Gasteiger partial charge in [-0.3, -0.25) is 0 Å². The first-order chi connectivity index (χ1) is 7.91. The molecular formula is C13H15Cl2NSi. The lowest BCUT2D eigenvalue weighted by molar-refractivity contribution is 1.14. The van der Waals surface area contributed by atoms with Crippen molar-refractivity contribution in [1.29, 1.82) is 0 Å². The Balaban J connectivity index is 2.86. The quantitative estimate of drug-likeness (QED) is 0.601. The fourth-order valence-electron chi connectivity index (χ4n) is 2.06. The van der Waals surface area contributed by atoms with E-state index in [1.807, 2.05) is 32.8 Å². The summed E-state index contributed by atoms with van der Waals surface area (Å²) in [5, 5.41) is 3.45. The van der Waals surface area contributed by atoms with E-state index in [1.54, 1.807) is 0 Å². The van der Waals surface area contributed by atoms with Crippen molar-refractivity contribution in [3.8, 4) is 0 Å². The first-order valence-corrected chi connectivity index (χ1v) is 10.0. The Morgan fingerprint density at radius 3 is 2.12 bits per heavy atom. The fraction of sp³-hybridized carbons (Fsp3) is 0.231. The lowest BCUT2D eigenvalue weighted by atomic mass is 10.1. The maximum Gasteiger partial charge on any atom is 0.278 e. The van der Waals surface area contributed by atoms with E-state index in [2.05, 4.69) is 29.2 Å². The van der Waals surface area contributed by atoms with Crippen molar-refractivity contribution in [1.82, 2.24) is 0 Å². The van der Waals surface area contributed by atoms with Gasteiger partial charge in [0.05, 0.1) is 0 Å². The predicted molar refractivity (Wildman–Crippen MR) is 81.2 cm³/mol. The summed E-state index contributed by atoms with van der Waals surface area (Å²) >= 11 is 12.8. The van der Waals surface area contributed by atoms with E-state index in [0.29, 0.717) is 0 Å². The molecule has 0 atom stereocenters. The lowest BCUT2D eigenvalue weighted by Gasteiger charge is -2.21. The van der Waals surface area contributed by atoms with Gasteiger partial charge >= 0.3 is 0 Å². The van der Waals surface area contributed by atoms with Crippen molar-refractivity contribution < 1.29 is 0 Å². The van der Waals surface area contributed by atoms with Crippen molar-refractivity contribution in [2.24, 2.45) is 0 Å². The summed E-state index contributed by atoms with van der Waals surface area (Å²) < 4.78 is 0. The van der Waals surface area contributed by atoms with Crippen molar-refractivity contribution in [2.75, 3.05) is 19.0 Å². The van der Waals surface area contributed by atoms with Gasteiger partial charge in [-0.1, -0.05) is 30.3 Å². The van der Waals surface area contributed by atoms with Crippen LogP contribution in [0.4, 0.5) is 5.69 Å². The number of hydrogen-bond donors (Lipinski definition) is 0. The zero-order chi connectivity index (χ0) is 12.6. The molecule has 2 aromatic carbocycles.